The zero-order valence-corrected chi connectivity index (χ0v) is 14.8. The predicted molar refractivity (Wildman–Crippen MR) is 96.6 cm³/mol. The number of amides is 1. The van der Waals surface area contributed by atoms with Crippen LogP contribution in [0.1, 0.15) is 54.7 Å². The van der Waals surface area contributed by atoms with Gasteiger partial charge in [-0.3, -0.25) is 9.78 Å². The molecule has 1 aromatic carbocycles. The minimum absolute atomic E-state index is 0.277. The van der Waals surface area contributed by atoms with E-state index in [2.05, 4.69) is 5.32 Å². The van der Waals surface area contributed by atoms with Crippen LogP contribution in [0.15, 0.2) is 24.3 Å². The van der Waals surface area contributed by atoms with Crippen molar-refractivity contribution < 1.29 is 14.3 Å². The Hall–Kier alpha value is -2.43. The van der Waals surface area contributed by atoms with Crippen LogP contribution < -0.4 is 5.32 Å². The van der Waals surface area contributed by atoms with Crippen molar-refractivity contribution in [1.29, 1.82) is 0 Å². The summed E-state index contributed by atoms with van der Waals surface area (Å²) in [6.45, 7) is 3.95. The van der Waals surface area contributed by atoms with Gasteiger partial charge in [-0.15, -0.1) is 0 Å². The maximum atomic E-state index is 12.9. The number of esters is 1. The predicted octanol–water partition coefficient (Wildman–Crippen LogP) is 3.19. The van der Waals surface area contributed by atoms with Crippen LogP contribution in [0.3, 0.4) is 0 Å². The highest BCUT2D eigenvalue weighted by atomic mass is 16.5. The van der Waals surface area contributed by atoms with Gasteiger partial charge in [-0.2, -0.15) is 0 Å². The highest BCUT2D eigenvalue weighted by Gasteiger charge is 2.25. The Balaban J connectivity index is 2.03. The van der Waals surface area contributed by atoms with E-state index >= 15 is 0 Å². The molecule has 1 N–H and O–H groups in total. The summed E-state index contributed by atoms with van der Waals surface area (Å²) in [6, 6.07) is 7.65. The Morgan fingerprint density at radius 1 is 1.20 bits per heavy atom. The Kier molecular flexibility index (Phi) is 5.31. The number of ether oxygens (including phenoxy) is 1. The van der Waals surface area contributed by atoms with Crippen LogP contribution in [0, 0.1) is 0 Å². The Morgan fingerprint density at radius 3 is 2.76 bits per heavy atom. The summed E-state index contributed by atoms with van der Waals surface area (Å²) in [7, 11) is 0. The SMILES string of the molecule is CCNC(=O)[C@H](C)OC(=O)c1c2c(nc3ccccc13)CCCCC2. The number of aromatic nitrogens is 1. The van der Waals surface area contributed by atoms with E-state index < -0.39 is 12.1 Å². The lowest BCUT2D eigenvalue weighted by atomic mass is 9.97. The van der Waals surface area contributed by atoms with Crippen molar-refractivity contribution in [3.8, 4) is 0 Å². The fourth-order valence-corrected chi connectivity index (χ4v) is 3.37. The number of rotatable bonds is 4. The summed E-state index contributed by atoms with van der Waals surface area (Å²) in [5.74, 6) is -0.712. The van der Waals surface area contributed by atoms with E-state index in [9.17, 15) is 9.59 Å². The Bertz CT molecular complexity index is 801. The van der Waals surface area contributed by atoms with E-state index in [-0.39, 0.29) is 5.91 Å². The minimum Gasteiger partial charge on any atom is -0.449 e. The van der Waals surface area contributed by atoms with E-state index in [1.54, 1.807) is 6.92 Å². The molecule has 0 bridgehead atoms. The van der Waals surface area contributed by atoms with Crippen LogP contribution in [0.2, 0.25) is 0 Å². The summed E-state index contributed by atoms with van der Waals surface area (Å²) in [5.41, 5.74) is 3.37. The smallest absolute Gasteiger partial charge is 0.339 e. The van der Waals surface area contributed by atoms with Crippen molar-refractivity contribution in [2.45, 2.75) is 52.1 Å². The topological polar surface area (TPSA) is 68.3 Å². The zero-order valence-electron chi connectivity index (χ0n) is 14.8. The van der Waals surface area contributed by atoms with Crippen molar-refractivity contribution in [1.82, 2.24) is 10.3 Å². The first-order valence-corrected chi connectivity index (χ1v) is 9.01. The van der Waals surface area contributed by atoms with Gasteiger partial charge in [0.05, 0.1) is 11.1 Å². The summed E-state index contributed by atoms with van der Waals surface area (Å²) >= 11 is 0. The van der Waals surface area contributed by atoms with Gasteiger partial charge in [0.1, 0.15) is 0 Å². The molecule has 132 valence electrons. The molecule has 0 saturated carbocycles. The van der Waals surface area contributed by atoms with Gasteiger partial charge in [0.25, 0.3) is 5.91 Å². The standard InChI is InChI=1S/C20H24N2O3/c1-3-21-19(23)13(2)25-20(24)18-14-9-5-4-6-11-16(14)22-17-12-8-7-10-15(17)18/h7-8,10,12-13H,3-6,9,11H2,1-2H3,(H,21,23)/t13-/m0/s1. The van der Waals surface area contributed by atoms with Crippen molar-refractivity contribution >= 4 is 22.8 Å². The maximum absolute atomic E-state index is 12.9. The molecular weight excluding hydrogens is 316 g/mol. The van der Waals surface area contributed by atoms with Gasteiger partial charge in [-0.1, -0.05) is 24.6 Å². The monoisotopic (exact) mass is 340 g/mol. The number of nitrogens with one attached hydrogen (secondary N) is 1. The van der Waals surface area contributed by atoms with E-state index in [4.69, 9.17) is 9.72 Å². The molecular formula is C20H24N2O3. The van der Waals surface area contributed by atoms with E-state index in [1.807, 2.05) is 31.2 Å². The molecule has 1 aliphatic carbocycles. The zero-order chi connectivity index (χ0) is 17.8. The molecule has 0 fully saturated rings. The first kappa shape index (κ1) is 17.4. The second-order valence-corrected chi connectivity index (χ2v) is 6.43. The fraction of sp³-hybridized carbons (Fsp3) is 0.450. The molecule has 0 radical (unpaired) electrons. The molecule has 1 aromatic heterocycles. The second-order valence-electron chi connectivity index (χ2n) is 6.43. The lowest BCUT2D eigenvalue weighted by Gasteiger charge is -2.17. The number of carbonyl (C=O) groups excluding carboxylic acids is 2. The third-order valence-electron chi connectivity index (χ3n) is 4.63. The fourth-order valence-electron chi connectivity index (χ4n) is 3.37. The molecule has 0 spiro atoms. The highest BCUT2D eigenvalue weighted by Crippen LogP contribution is 2.29. The number of hydrogen-bond donors (Lipinski definition) is 1. The molecule has 1 amide bonds. The number of carbonyl (C=O) groups is 2. The van der Waals surface area contributed by atoms with E-state index in [1.165, 1.54) is 0 Å². The lowest BCUT2D eigenvalue weighted by molar-refractivity contribution is -0.128. The van der Waals surface area contributed by atoms with Crippen LogP contribution >= 0.6 is 0 Å². The molecule has 1 aliphatic rings. The second kappa shape index (κ2) is 7.64. The number of likely N-dealkylation sites (N-methyl/N-ethyl adjacent to an activating group) is 1. The van der Waals surface area contributed by atoms with Gasteiger partial charge < -0.3 is 10.1 Å². The molecule has 3 rings (SSSR count). The molecule has 5 heteroatoms. The summed E-state index contributed by atoms with van der Waals surface area (Å²) < 4.78 is 5.49. The third kappa shape index (κ3) is 3.65. The largest absolute Gasteiger partial charge is 0.449 e. The normalized spacial score (nSPS) is 15.1. The first-order valence-electron chi connectivity index (χ1n) is 9.01. The molecule has 5 nitrogen and oxygen atoms in total. The number of aryl methyl sites for hydroxylation is 1. The molecule has 2 aromatic rings. The van der Waals surface area contributed by atoms with Crippen molar-refractivity contribution in [2.75, 3.05) is 6.54 Å². The number of fused-ring (bicyclic) bond motifs is 2. The molecule has 1 atom stereocenters. The first-order chi connectivity index (χ1) is 12.1. The summed E-state index contributed by atoms with van der Waals surface area (Å²) in [5, 5.41) is 3.49. The van der Waals surface area contributed by atoms with E-state index in [0.29, 0.717) is 12.1 Å². The van der Waals surface area contributed by atoms with Gasteiger partial charge in [0, 0.05) is 17.6 Å². The maximum Gasteiger partial charge on any atom is 0.339 e. The van der Waals surface area contributed by atoms with Crippen LogP contribution in [0.25, 0.3) is 10.9 Å². The molecule has 25 heavy (non-hydrogen) atoms. The van der Waals surface area contributed by atoms with Crippen molar-refractivity contribution in [3.63, 3.8) is 0 Å². The number of hydrogen-bond acceptors (Lipinski definition) is 4. The van der Waals surface area contributed by atoms with E-state index in [0.717, 1.165) is 54.3 Å². The lowest BCUT2D eigenvalue weighted by Crippen LogP contribution is -2.35. The Morgan fingerprint density at radius 2 is 1.96 bits per heavy atom. The van der Waals surface area contributed by atoms with Crippen LogP contribution in [0.4, 0.5) is 0 Å². The number of para-hydroxylation sites is 1. The molecule has 0 unspecified atom stereocenters. The molecule has 1 heterocycles. The summed E-state index contributed by atoms with van der Waals surface area (Å²) in [4.78, 5) is 29.6. The van der Waals surface area contributed by atoms with Gasteiger partial charge in [-0.25, -0.2) is 4.79 Å². The minimum atomic E-state index is -0.819. The number of benzene rings is 1. The van der Waals surface area contributed by atoms with Gasteiger partial charge in [0.15, 0.2) is 6.10 Å². The average Bonchev–Trinajstić information content (AvgIpc) is 2.84. The van der Waals surface area contributed by atoms with Gasteiger partial charge >= 0.3 is 5.97 Å². The average molecular weight is 340 g/mol. The van der Waals surface area contributed by atoms with Crippen LogP contribution in [-0.2, 0) is 22.4 Å². The molecule has 0 aliphatic heterocycles. The van der Waals surface area contributed by atoms with Crippen molar-refractivity contribution in [2.24, 2.45) is 0 Å². The van der Waals surface area contributed by atoms with Gasteiger partial charge in [0.2, 0.25) is 0 Å². The van der Waals surface area contributed by atoms with Gasteiger partial charge in [-0.05, 0) is 51.2 Å². The molecule has 0 saturated heterocycles. The summed E-state index contributed by atoms with van der Waals surface area (Å²) in [6.07, 6.45) is 4.15. The van der Waals surface area contributed by atoms with Crippen LogP contribution in [-0.4, -0.2) is 29.5 Å². The Labute approximate surface area is 147 Å². The number of pyridine rings is 1. The third-order valence-corrected chi connectivity index (χ3v) is 4.63. The van der Waals surface area contributed by atoms with Crippen LogP contribution in [0.5, 0.6) is 0 Å². The van der Waals surface area contributed by atoms with Crippen molar-refractivity contribution in [3.05, 3.63) is 41.1 Å². The highest BCUT2D eigenvalue weighted by molar-refractivity contribution is 6.05. The quantitative estimate of drug-likeness (QED) is 0.685. The number of nitrogens with zero attached hydrogens (tertiary/aromatic N) is 1.